The summed E-state index contributed by atoms with van der Waals surface area (Å²) in [5.74, 6) is 2.53. The number of benzene rings is 1. The van der Waals surface area contributed by atoms with Crippen LogP contribution in [0.25, 0.3) is 0 Å². The Labute approximate surface area is 157 Å². The maximum atomic E-state index is 12.4. The van der Waals surface area contributed by atoms with Crippen molar-refractivity contribution in [3.05, 3.63) is 70.9 Å². The highest BCUT2D eigenvalue weighted by molar-refractivity contribution is 5.94. The molecule has 2 N–H and O–H groups in total. The van der Waals surface area contributed by atoms with E-state index in [1.54, 1.807) is 14.0 Å². The molecule has 1 aromatic carbocycles. The fourth-order valence-electron chi connectivity index (χ4n) is 2.64. The van der Waals surface area contributed by atoms with Gasteiger partial charge in [-0.3, -0.25) is 4.79 Å². The van der Waals surface area contributed by atoms with Crippen molar-refractivity contribution in [2.45, 2.75) is 26.9 Å². The number of nitrogens with one attached hydrogen (secondary N) is 2. The number of hydrogen-bond acceptors (Lipinski definition) is 6. The van der Waals surface area contributed by atoms with Gasteiger partial charge in [0.15, 0.2) is 0 Å². The fraction of sp³-hybridized carbons (Fsp3) is 0.250. The predicted molar refractivity (Wildman–Crippen MR) is 102 cm³/mol. The van der Waals surface area contributed by atoms with Crippen molar-refractivity contribution in [3.8, 4) is 5.75 Å². The van der Waals surface area contributed by atoms with Crippen molar-refractivity contribution in [3.63, 3.8) is 0 Å². The van der Waals surface area contributed by atoms with Crippen LogP contribution < -0.4 is 15.4 Å². The van der Waals surface area contributed by atoms with E-state index in [0.29, 0.717) is 36.1 Å². The third-order valence-corrected chi connectivity index (χ3v) is 4.07. The lowest BCUT2D eigenvalue weighted by atomic mass is 10.2. The molecule has 7 nitrogen and oxygen atoms in total. The fourth-order valence-corrected chi connectivity index (χ4v) is 2.64. The van der Waals surface area contributed by atoms with Gasteiger partial charge in [-0.15, -0.1) is 0 Å². The molecule has 3 rings (SSSR count). The molecule has 0 fully saturated rings. The molecule has 7 heteroatoms. The van der Waals surface area contributed by atoms with Crippen LogP contribution in [0.5, 0.6) is 5.75 Å². The molecular weight excluding hydrogens is 344 g/mol. The second-order valence-electron chi connectivity index (χ2n) is 6.05. The van der Waals surface area contributed by atoms with Crippen LogP contribution in [-0.2, 0) is 13.1 Å². The third-order valence-electron chi connectivity index (χ3n) is 4.07. The quantitative estimate of drug-likeness (QED) is 0.667. The van der Waals surface area contributed by atoms with E-state index in [1.165, 1.54) is 6.20 Å². The Kier molecular flexibility index (Phi) is 5.71. The molecule has 2 aromatic heterocycles. The molecule has 0 saturated carbocycles. The Morgan fingerprint density at radius 2 is 1.96 bits per heavy atom. The molecule has 0 saturated heterocycles. The van der Waals surface area contributed by atoms with Crippen LogP contribution in [-0.4, -0.2) is 23.0 Å². The summed E-state index contributed by atoms with van der Waals surface area (Å²) in [6.45, 7) is 4.48. The molecule has 0 aliphatic carbocycles. The summed E-state index contributed by atoms with van der Waals surface area (Å²) in [6, 6.07) is 11.4. The van der Waals surface area contributed by atoms with E-state index in [1.807, 2.05) is 43.3 Å². The number of methoxy groups -OCH3 is 1. The maximum Gasteiger partial charge on any atom is 0.255 e. The predicted octanol–water partition coefficient (Wildman–Crippen LogP) is 3.24. The number of nitrogens with zero attached hydrogens (tertiary/aromatic N) is 2. The van der Waals surface area contributed by atoms with Gasteiger partial charge in [-0.25, -0.2) is 9.97 Å². The van der Waals surface area contributed by atoms with Crippen LogP contribution in [0.15, 0.2) is 47.0 Å². The number of ether oxygens (including phenoxy) is 1. The Hall–Kier alpha value is -3.35. The SMILES string of the molecule is COc1ccccc1CNc1ncc(C(=O)NCc2ccc(C)o2)c(C)n1. The maximum absolute atomic E-state index is 12.4. The van der Waals surface area contributed by atoms with Gasteiger partial charge in [0.05, 0.1) is 24.9 Å². The first kappa shape index (κ1) is 18.4. The Bertz CT molecular complexity index is 936. The molecule has 27 heavy (non-hydrogen) atoms. The minimum atomic E-state index is -0.238. The largest absolute Gasteiger partial charge is 0.496 e. The molecule has 0 atom stereocenters. The van der Waals surface area contributed by atoms with E-state index in [9.17, 15) is 4.79 Å². The van der Waals surface area contributed by atoms with Crippen molar-refractivity contribution in [1.82, 2.24) is 15.3 Å². The van der Waals surface area contributed by atoms with Crippen LogP contribution >= 0.6 is 0 Å². The average molecular weight is 366 g/mol. The molecule has 140 valence electrons. The highest BCUT2D eigenvalue weighted by Crippen LogP contribution is 2.18. The van der Waals surface area contributed by atoms with E-state index in [0.717, 1.165) is 17.1 Å². The van der Waals surface area contributed by atoms with Crippen molar-refractivity contribution < 1.29 is 13.9 Å². The minimum Gasteiger partial charge on any atom is -0.496 e. The van der Waals surface area contributed by atoms with Crippen LogP contribution in [0.4, 0.5) is 5.95 Å². The number of amides is 1. The molecule has 0 radical (unpaired) electrons. The van der Waals surface area contributed by atoms with Gasteiger partial charge >= 0.3 is 0 Å². The highest BCUT2D eigenvalue weighted by Gasteiger charge is 2.12. The molecule has 0 bridgehead atoms. The molecule has 3 aromatic rings. The first-order valence-corrected chi connectivity index (χ1v) is 8.59. The number of anilines is 1. The number of rotatable bonds is 7. The van der Waals surface area contributed by atoms with Gasteiger partial charge in [-0.2, -0.15) is 0 Å². The van der Waals surface area contributed by atoms with Gasteiger partial charge < -0.3 is 19.8 Å². The number of aromatic nitrogens is 2. The van der Waals surface area contributed by atoms with Crippen molar-refractivity contribution >= 4 is 11.9 Å². The zero-order valence-electron chi connectivity index (χ0n) is 15.6. The number of para-hydroxylation sites is 1. The Morgan fingerprint density at radius 1 is 1.15 bits per heavy atom. The van der Waals surface area contributed by atoms with E-state index in [4.69, 9.17) is 9.15 Å². The van der Waals surface area contributed by atoms with Gasteiger partial charge in [0.1, 0.15) is 17.3 Å². The number of aryl methyl sites for hydroxylation is 2. The number of hydrogen-bond donors (Lipinski definition) is 2. The summed E-state index contributed by atoms with van der Waals surface area (Å²) in [4.78, 5) is 21.0. The van der Waals surface area contributed by atoms with Crippen LogP contribution in [0.1, 0.15) is 33.1 Å². The van der Waals surface area contributed by atoms with Crippen molar-refractivity contribution in [2.24, 2.45) is 0 Å². The third kappa shape index (κ3) is 4.63. The number of carbonyl (C=O) groups is 1. The second-order valence-corrected chi connectivity index (χ2v) is 6.05. The summed E-state index contributed by atoms with van der Waals surface area (Å²) >= 11 is 0. The van der Waals surface area contributed by atoms with Crippen LogP contribution in [0, 0.1) is 13.8 Å². The molecular formula is C20H22N4O3. The molecule has 2 heterocycles. The van der Waals surface area contributed by atoms with Gasteiger partial charge in [-0.05, 0) is 32.0 Å². The number of carbonyl (C=O) groups excluding carboxylic acids is 1. The summed E-state index contributed by atoms with van der Waals surface area (Å²) < 4.78 is 10.8. The minimum absolute atomic E-state index is 0.238. The van der Waals surface area contributed by atoms with E-state index in [2.05, 4.69) is 20.6 Å². The van der Waals surface area contributed by atoms with E-state index >= 15 is 0 Å². The van der Waals surface area contributed by atoms with Crippen LogP contribution in [0.3, 0.4) is 0 Å². The standard InChI is InChI=1S/C20H22N4O3/c1-13-8-9-16(27-13)11-21-19(25)17-12-23-20(24-14(17)2)22-10-15-6-4-5-7-18(15)26-3/h4-9,12H,10-11H2,1-3H3,(H,21,25)(H,22,23,24). The molecule has 0 unspecified atom stereocenters. The van der Waals surface area contributed by atoms with Crippen LogP contribution in [0.2, 0.25) is 0 Å². The summed E-state index contributed by atoms with van der Waals surface area (Å²) in [5, 5.41) is 5.97. The first-order valence-electron chi connectivity index (χ1n) is 8.59. The molecule has 0 aliphatic heterocycles. The van der Waals surface area contributed by atoms with Gasteiger partial charge in [0.2, 0.25) is 5.95 Å². The van der Waals surface area contributed by atoms with Crippen molar-refractivity contribution in [2.75, 3.05) is 12.4 Å². The summed E-state index contributed by atoms with van der Waals surface area (Å²) in [6.07, 6.45) is 1.52. The zero-order chi connectivity index (χ0) is 19.2. The summed E-state index contributed by atoms with van der Waals surface area (Å²) in [7, 11) is 1.64. The van der Waals surface area contributed by atoms with E-state index < -0.39 is 0 Å². The Balaban J connectivity index is 1.62. The molecule has 0 aliphatic rings. The van der Waals surface area contributed by atoms with Gasteiger partial charge in [0, 0.05) is 18.3 Å². The van der Waals surface area contributed by atoms with Gasteiger partial charge in [0.25, 0.3) is 5.91 Å². The molecule has 0 spiro atoms. The lowest BCUT2D eigenvalue weighted by Crippen LogP contribution is -2.24. The lowest BCUT2D eigenvalue weighted by molar-refractivity contribution is 0.0946. The first-order chi connectivity index (χ1) is 13.1. The smallest absolute Gasteiger partial charge is 0.255 e. The van der Waals surface area contributed by atoms with Gasteiger partial charge in [-0.1, -0.05) is 18.2 Å². The second kappa shape index (κ2) is 8.35. The molecule has 1 amide bonds. The normalized spacial score (nSPS) is 10.5. The Morgan fingerprint density at radius 3 is 2.67 bits per heavy atom. The highest BCUT2D eigenvalue weighted by atomic mass is 16.5. The number of furan rings is 1. The topological polar surface area (TPSA) is 89.3 Å². The lowest BCUT2D eigenvalue weighted by Gasteiger charge is -2.11. The monoisotopic (exact) mass is 366 g/mol. The van der Waals surface area contributed by atoms with E-state index in [-0.39, 0.29) is 5.91 Å². The average Bonchev–Trinajstić information content (AvgIpc) is 3.10. The van der Waals surface area contributed by atoms with Crippen molar-refractivity contribution in [1.29, 1.82) is 0 Å². The zero-order valence-corrected chi connectivity index (χ0v) is 15.6. The summed E-state index contributed by atoms with van der Waals surface area (Å²) in [5.41, 5.74) is 2.03.